The molecule has 0 radical (unpaired) electrons. The topological polar surface area (TPSA) is 12.0 Å². The van der Waals surface area contributed by atoms with Crippen molar-refractivity contribution in [1.82, 2.24) is 5.32 Å². The second kappa shape index (κ2) is 4.58. The van der Waals surface area contributed by atoms with E-state index in [1.54, 1.807) is 0 Å². The van der Waals surface area contributed by atoms with Gasteiger partial charge in [-0.1, -0.05) is 31.0 Å². The molecule has 0 unspecified atom stereocenters. The first kappa shape index (κ1) is 11.7. The molecular formula is C15H23N. The van der Waals surface area contributed by atoms with E-state index >= 15 is 0 Å². The molecule has 1 fully saturated rings. The van der Waals surface area contributed by atoms with E-state index in [-0.39, 0.29) is 0 Å². The van der Waals surface area contributed by atoms with Gasteiger partial charge in [-0.05, 0) is 50.3 Å². The lowest BCUT2D eigenvalue weighted by atomic mass is 9.99. The summed E-state index contributed by atoms with van der Waals surface area (Å²) in [5.74, 6) is 0. The van der Waals surface area contributed by atoms with Gasteiger partial charge in [0.15, 0.2) is 0 Å². The van der Waals surface area contributed by atoms with E-state index in [1.165, 1.54) is 42.4 Å². The first-order valence-corrected chi connectivity index (χ1v) is 6.40. The molecule has 1 saturated carbocycles. The smallest absolute Gasteiger partial charge is 0.0210 e. The van der Waals surface area contributed by atoms with Crippen LogP contribution in [0.5, 0.6) is 0 Å². The minimum absolute atomic E-state index is 0.388. The van der Waals surface area contributed by atoms with Crippen molar-refractivity contribution in [3.63, 3.8) is 0 Å². The van der Waals surface area contributed by atoms with Crippen LogP contribution in [-0.4, -0.2) is 5.54 Å². The summed E-state index contributed by atoms with van der Waals surface area (Å²) < 4.78 is 0. The fourth-order valence-electron chi connectivity index (χ4n) is 2.56. The van der Waals surface area contributed by atoms with Crippen molar-refractivity contribution in [2.75, 3.05) is 0 Å². The van der Waals surface area contributed by atoms with Gasteiger partial charge in [0.25, 0.3) is 0 Å². The standard InChI is InChI=1S/C15H23N/c1-12-6-7-14(10-13(12)2)11-16-15(3)8-4-5-9-15/h6-7,10,16H,4-5,8-9,11H2,1-3H3. The predicted octanol–water partition coefficient (Wildman–Crippen LogP) is 3.73. The summed E-state index contributed by atoms with van der Waals surface area (Å²) in [6.45, 7) is 7.74. The van der Waals surface area contributed by atoms with Crippen molar-refractivity contribution in [3.8, 4) is 0 Å². The lowest BCUT2D eigenvalue weighted by Crippen LogP contribution is -2.38. The molecule has 0 aliphatic heterocycles. The van der Waals surface area contributed by atoms with Crippen LogP contribution >= 0.6 is 0 Å². The highest BCUT2D eigenvalue weighted by Crippen LogP contribution is 2.29. The van der Waals surface area contributed by atoms with E-state index in [2.05, 4.69) is 44.3 Å². The van der Waals surface area contributed by atoms with E-state index in [1.807, 2.05) is 0 Å². The van der Waals surface area contributed by atoms with Crippen LogP contribution in [0.15, 0.2) is 18.2 Å². The Morgan fingerprint density at radius 1 is 1.12 bits per heavy atom. The molecule has 0 atom stereocenters. The quantitative estimate of drug-likeness (QED) is 0.813. The monoisotopic (exact) mass is 217 g/mol. The van der Waals surface area contributed by atoms with E-state index < -0.39 is 0 Å². The molecule has 1 heteroatoms. The molecule has 0 heterocycles. The third-order valence-electron chi connectivity index (χ3n) is 4.00. The van der Waals surface area contributed by atoms with E-state index in [0.29, 0.717) is 5.54 Å². The molecule has 0 amide bonds. The second-order valence-electron chi connectivity index (χ2n) is 5.54. The molecule has 0 bridgehead atoms. The number of rotatable bonds is 3. The van der Waals surface area contributed by atoms with Crippen LogP contribution in [0, 0.1) is 13.8 Å². The molecule has 0 saturated heterocycles. The summed E-state index contributed by atoms with van der Waals surface area (Å²) in [5, 5.41) is 3.72. The van der Waals surface area contributed by atoms with Gasteiger partial charge in [0.1, 0.15) is 0 Å². The Labute approximate surface area is 99.3 Å². The highest BCUT2D eigenvalue weighted by atomic mass is 15.0. The first-order valence-electron chi connectivity index (χ1n) is 6.40. The third-order valence-corrected chi connectivity index (χ3v) is 4.00. The van der Waals surface area contributed by atoms with Crippen LogP contribution in [0.25, 0.3) is 0 Å². The molecule has 1 N–H and O–H groups in total. The van der Waals surface area contributed by atoms with E-state index in [9.17, 15) is 0 Å². The summed E-state index contributed by atoms with van der Waals surface area (Å²) in [5.41, 5.74) is 4.58. The molecule has 1 aliphatic rings. The zero-order valence-corrected chi connectivity index (χ0v) is 10.8. The van der Waals surface area contributed by atoms with Gasteiger partial charge in [-0.15, -0.1) is 0 Å². The third kappa shape index (κ3) is 2.65. The number of hydrogen-bond donors (Lipinski definition) is 1. The molecular weight excluding hydrogens is 194 g/mol. The summed E-state index contributed by atoms with van der Waals surface area (Å²) >= 11 is 0. The SMILES string of the molecule is Cc1ccc(CNC2(C)CCCC2)cc1C. The maximum Gasteiger partial charge on any atom is 0.0210 e. The summed E-state index contributed by atoms with van der Waals surface area (Å²) in [4.78, 5) is 0. The zero-order valence-electron chi connectivity index (χ0n) is 10.8. The highest BCUT2D eigenvalue weighted by Gasteiger charge is 2.27. The summed E-state index contributed by atoms with van der Waals surface area (Å²) in [6.07, 6.45) is 5.43. The number of benzene rings is 1. The number of nitrogens with one attached hydrogen (secondary N) is 1. The fourth-order valence-corrected chi connectivity index (χ4v) is 2.56. The van der Waals surface area contributed by atoms with Crippen LogP contribution < -0.4 is 5.32 Å². The van der Waals surface area contributed by atoms with Crippen molar-refractivity contribution in [2.24, 2.45) is 0 Å². The Morgan fingerprint density at radius 2 is 1.81 bits per heavy atom. The molecule has 1 nitrogen and oxygen atoms in total. The Hall–Kier alpha value is -0.820. The van der Waals surface area contributed by atoms with Crippen molar-refractivity contribution in [1.29, 1.82) is 0 Å². The molecule has 88 valence electrons. The average Bonchev–Trinajstić information content (AvgIpc) is 2.68. The van der Waals surface area contributed by atoms with E-state index in [4.69, 9.17) is 0 Å². The van der Waals surface area contributed by atoms with Gasteiger partial charge in [0, 0.05) is 12.1 Å². The second-order valence-corrected chi connectivity index (χ2v) is 5.54. The first-order chi connectivity index (χ1) is 7.59. The van der Waals surface area contributed by atoms with Crippen LogP contribution in [0.4, 0.5) is 0 Å². The highest BCUT2D eigenvalue weighted by molar-refractivity contribution is 5.29. The molecule has 2 rings (SSSR count). The lowest BCUT2D eigenvalue weighted by Gasteiger charge is -2.25. The maximum atomic E-state index is 3.72. The van der Waals surface area contributed by atoms with Crippen molar-refractivity contribution in [2.45, 2.75) is 58.5 Å². The van der Waals surface area contributed by atoms with Gasteiger partial charge >= 0.3 is 0 Å². The van der Waals surface area contributed by atoms with Crippen molar-refractivity contribution < 1.29 is 0 Å². The van der Waals surface area contributed by atoms with Crippen LogP contribution in [-0.2, 0) is 6.54 Å². The van der Waals surface area contributed by atoms with E-state index in [0.717, 1.165) is 6.54 Å². The average molecular weight is 217 g/mol. The fraction of sp³-hybridized carbons (Fsp3) is 0.600. The van der Waals surface area contributed by atoms with Gasteiger partial charge in [0.2, 0.25) is 0 Å². The van der Waals surface area contributed by atoms with Crippen LogP contribution in [0.2, 0.25) is 0 Å². The Balaban J connectivity index is 1.96. The minimum atomic E-state index is 0.388. The normalized spacial score (nSPS) is 18.9. The zero-order chi connectivity index (χ0) is 11.6. The molecule has 0 spiro atoms. The van der Waals surface area contributed by atoms with Crippen molar-refractivity contribution in [3.05, 3.63) is 34.9 Å². The summed E-state index contributed by atoms with van der Waals surface area (Å²) in [6, 6.07) is 6.78. The van der Waals surface area contributed by atoms with Crippen molar-refractivity contribution >= 4 is 0 Å². The van der Waals surface area contributed by atoms with Gasteiger partial charge in [-0.25, -0.2) is 0 Å². The molecule has 1 aliphatic carbocycles. The van der Waals surface area contributed by atoms with Gasteiger partial charge < -0.3 is 5.32 Å². The molecule has 1 aromatic rings. The Bertz CT molecular complexity index is 362. The number of aryl methyl sites for hydroxylation is 2. The summed E-state index contributed by atoms with van der Waals surface area (Å²) in [7, 11) is 0. The number of hydrogen-bond acceptors (Lipinski definition) is 1. The largest absolute Gasteiger partial charge is 0.307 e. The predicted molar refractivity (Wildman–Crippen MR) is 69.6 cm³/mol. The maximum absolute atomic E-state index is 3.72. The minimum Gasteiger partial charge on any atom is -0.307 e. The lowest BCUT2D eigenvalue weighted by molar-refractivity contribution is 0.362. The Kier molecular flexibility index (Phi) is 3.34. The van der Waals surface area contributed by atoms with Gasteiger partial charge in [0.05, 0.1) is 0 Å². The Morgan fingerprint density at radius 3 is 2.44 bits per heavy atom. The molecule has 1 aromatic carbocycles. The van der Waals surface area contributed by atoms with Gasteiger partial charge in [-0.3, -0.25) is 0 Å². The molecule has 16 heavy (non-hydrogen) atoms. The molecule has 0 aromatic heterocycles. The van der Waals surface area contributed by atoms with Crippen LogP contribution in [0.1, 0.15) is 49.3 Å². The van der Waals surface area contributed by atoms with Gasteiger partial charge in [-0.2, -0.15) is 0 Å². The van der Waals surface area contributed by atoms with Crippen LogP contribution in [0.3, 0.4) is 0 Å².